The lowest BCUT2D eigenvalue weighted by Gasteiger charge is -2.29. The van der Waals surface area contributed by atoms with E-state index in [9.17, 15) is 14.9 Å². The number of ether oxygens (including phenoxy) is 1. The summed E-state index contributed by atoms with van der Waals surface area (Å²) in [5.74, 6) is -1.33. The molecule has 2 N–H and O–H groups in total. The minimum Gasteiger partial charge on any atom is -0.458 e. The third-order valence-corrected chi connectivity index (χ3v) is 6.44. The number of aryl methyl sites for hydroxylation is 1. The molecular formula is C26H24ClN3O3S. The molecule has 8 heteroatoms. The number of rotatable bonds is 8. The van der Waals surface area contributed by atoms with Crippen molar-refractivity contribution in [2.24, 2.45) is 0 Å². The van der Waals surface area contributed by atoms with Crippen molar-refractivity contribution in [1.82, 2.24) is 5.32 Å². The maximum absolute atomic E-state index is 12.9. The first-order chi connectivity index (χ1) is 16.3. The van der Waals surface area contributed by atoms with Gasteiger partial charge in [0, 0.05) is 16.4 Å². The Labute approximate surface area is 208 Å². The molecule has 0 bridgehead atoms. The number of halogens is 1. The Morgan fingerprint density at radius 2 is 1.94 bits per heavy atom. The van der Waals surface area contributed by atoms with E-state index >= 15 is 0 Å². The fourth-order valence-electron chi connectivity index (χ4n) is 3.54. The van der Waals surface area contributed by atoms with Crippen molar-refractivity contribution in [2.75, 3.05) is 17.7 Å². The molecule has 0 aromatic heterocycles. The summed E-state index contributed by atoms with van der Waals surface area (Å²) in [6.07, 6.45) is 1.48. The number of benzene rings is 2. The van der Waals surface area contributed by atoms with Gasteiger partial charge in [0.15, 0.2) is 0 Å². The number of para-hydroxylation sites is 1. The zero-order valence-corrected chi connectivity index (χ0v) is 20.4. The SMILES string of the molecule is C=CCOC(=O)C1=C(C)NC(SCC(=O)Nc2ccccc2C)=C(C#N)[C@@H]1c1ccc(Cl)cc1. The largest absolute Gasteiger partial charge is 0.458 e. The highest BCUT2D eigenvalue weighted by atomic mass is 35.5. The number of nitriles is 1. The standard InChI is InChI=1S/C26H24ClN3O3S/c1-4-13-33-26(32)23-17(3)29-25(20(14-28)24(23)18-9-11-19(27)12-10-18)34-15-22(31)30-21-8-6-5-7-16(21)2/h4-12,24,29H,1,13,15H2,2-3H3,(H,30,31)/t24-/m0/s1. The molecule has 34 heavy (non-hydrogen) atoms. The first kappa shape index (κ1) is 25.2. The van der Waals surface area contributed by atoms with Gasteiger partial charge in [-0.1, -0.05) is 66.3 Å². The Balaban J connectivity index is 1.90. The predicted molar refractivity (Wildman–Crippen MR) is 136 cm³/mol. The summed E-state index contributed by atoms with van der Waals surface area (Å²) in [7, 11) is 0. The van der Waals surface area contributed by atoms with Gasteiger partial charge >= 0.3 is 5.97 Å². The molecule has 6 nitrogen and oxygen atoms in total. The molecule has 2 aromatic rings. The Morgan fingerprint density at radius 1 is 1.24 bits per heavy atom. The molecule has 1 atom stereocenters. The second kappa shape index (κ2) is 11.6. The first-order valence-corrected chi connectivity index (χ1v) is 11.9. The number of hydrogen-bond donors (Lipinski definition) is 2. The molecule has 1 amide bonds. The second-order valence-corrected chi connectivity index (χ2v) is 8.96. The van der Waals surface area contributed by atoms with Crippen LogP contribution in [0.5, 0.6) is 0 Å². The van der Waals surface area contributed by atoms with Crippen molar-refractivity contribution in [3.05, 3.63) is 99.2 Å². The number of esters is 1. The van der Waals surface area contributed by atoms with Crippen LogP contribution in [0, 0.1) is 18.3 Å². The second-order valence-electron chi connectivity index (χ2n) is 7.54. The summed E-state index contributed by atoms with van der Waals surface area (Å²) < 4.78 is 5.30. The van der Waals surface area contributed by atoms with Gasteiger partial charge in [-0.25, -0.2) is 4.79 Å². The van der Waals surface area contributed by atoms with E-state index in [4.69, 9.17) is 16.3 Å². The quantitative estimate of drug-likeness (QED) is 0.375. The molecule has 2 aromatic carbocycles. The van der Waals surface area contributed by atoms with E-state index in [-0.39, 0.29) is 18.3 Å². The van der Waals surface area contributed by atoms with Crippen LogP contribution >= 0.6 is 23.4 Å². The number of nitrogens with one attached hydrogen (secondary N) is 2. The molecule has 1 aliphatic heterocycles. The van der Waals surface area contributed by atoms with E-state index in [2.05, 4.69) is 23.3 Å². The van der Waals surface area contributed by atoms with Gasteiger partial charge in [-0.05, 0) is 43.2 Å². The Morgan fingerprint density at radius 3 is 2.59 bits per heavy atom. The summed E-state index contributed by atoms with van der Waals surface area (Å²) >= 11 is 7.26. The topological polar surface area (TPSA) is 91.2 Å². The molecule has 0 radical (unpaired) electrons. The fraction of sp³-hybridized carbons (Fsp3) is 0.192. The predicted octanol–water partition coefficient (Wildman–Crippen LogP) is 5.45. The maximum Gasteiger partial charge on any atom is 0.337 e. The Bertz CT molecular complexity index is 1210. The van der Waals surface area contributed by atoms with Gasteiger partial charge in [-0.2, -0.15) is 5.26 Å². The molecule has 0 fully saturated rings. The van der Waals surface area contributed by atoms with Crippen molar-refractivity contribution in [1.29, 1.82) is 5.26 Å². The molecule has 3 rings (SSSR count). The van der Waals surface area contributed by atoms with Gasteiger partial charge < -0.3 is 15.4 Å². The van der Waals surface area contributed by atoms with Crippen LogP contribution < -0.4 is 10.6 Å². The molecule has 0 unspecified atom stereocenters. The Kier molecular flexibility index (Phi) is 8.58. The average molecular weight is 494 g/mol. The zero-order valence-electron chi connectivity index (χ0n) is 18.9. The van der Waals surface area contributed by atoms with Crippen molar-refractivity contribution >= 4 is 40.9 Å². The van der Waals surface area contributed by atoms with Crippen LogP contribution in [-0.2, 0) is 14.3 Å². The summed E-state index contributed by atoms with van der Waals surface area (Å²) in [6, 6.07) is 16.7. The van der Waals surface area contributed by atoms with Crippen molar-refractivity contribution in [2.45, 2.75) is 19.8 Å². The number of amides is 1. The number of dihydropyridines is 1. The summed E-state index contributed by atoms with van der Waals surface area (Å²) in [4.78, 5) is 25.5. The van der Waals surface area contributed by atoms with Crippen LogP contribution in [-0.4, -0.2) is 24.2 Å². The number of thioether (sulfide) groups is 1. The average Bonchev–Trinajstić information content (AvgIpc) is 2.82. The van der Waals surface area contributed by atoms with Crippen LogP contribution in [0.4, 0.5) is 5.69 Å². The lowest BCUT2D eigenvalue weighted by Crippen LogP contribution is -2.29. The number of carbonyl (C=O) groups excluding carboxylic acids is 2. The maximum atomic E-state index is 12.9. The first-order valence-electron chi connectivity index (χ1n) is 10.5. The summed E-state index contributed by atoms with van der Waals surface area (Å²) in [5.41, 5.74) is 3.62. The van der Waals surface area contributed by atoms with Gasteiger partial charge in [0.25, 0.3) is 0 Å². The molecule has 1 heterocycles. The number of allylic oxidation sites excluding steroid dienone is 2. The van der Waals surface area contributed by atoms with Gasteiger partial charge in [-0.15, -0.1) is 0 Å². The summed E-state index contributed by atoms with van der Waals surface area (Å²) in [5, 5.41) is 17.1. The summed E-state index contributed by atoms with van der Waals surface area (Å²) in [6.45, 7) is 7.29. The van der Waals surface area contributed by atoms with Gasteiger partial charge in [0.2, 0.25) is 5.91 Å². The van der Waals surface area contributed by atoms with E-state index < -0.39 is 11.9 Å². The van der Waals surface area contributed by atoms with E-state index in [0.29, 0.717) is 26.9 Å². The smallest absolute Gasteiger partial charge is 0.337 e. The monoisotopic (exact) mass is 493 g/mol. The van der Waals surface area contributed by atoms with Crippen LogP contribution in [0.3, 0.4) is 0 Å². The minimum atomic E-state index is -0.664. The van der Waals surface area contributed by atoms with Crippen molar-refractivity contribution < 1.29 is 14.3 Å². The highest BCUT2D eigenvalue weighted by molar-refractivity contribution is 8.03. The van der Waals surface area contributed by atoms with Gasteiger partial charge in [0.1, 0.15) is 6.61 Å². The number of nitrogens with zero attached hydrogens (tertiary/aromatic N) is 1. The van der Waals surface area contributed by atoms with Crippen LogP contribution in [0.15, 0.2) is 83.1 Å². The molecule has 0 aliphatic carbocycles. The number of hydrogen-bond acceptors (Lipinski definition) is 6. The highest BCUT2D eigenvalue weighted by Crippen LogP contribution is 2.41. The number of carbonyl (C=O) groups is 2. The molecular weight excluding hydrogens is 470 g/mol. The van der Waals surface area contributed by atoms with Gasteiger partial charge in [-0.3, -0.25) is 4.79 Å². The molecule has 0 saturated carbocycles. The molecule has 174 valence electrons. The van der Waals surface area contributed by atoms with Crippen LogP contribution in [0.25, 0.3) is 0 Å². The van der Waals surface area contributed by atoms with Crippen molar-refractivity contribution in [3.8, 4) is 6.07 Å². The highest BCUT2D eigenvalue weighted by Gasteiger charge is 2.35. The van der Waals surface area contributed by atoms with E-state index in [1.807, 2.05) is 31.2 Å². The van der Waals surface area contributed by atoms with Crippen LogP contribution in [0.1, 0.15) is 24.0 Å². The van der Waals surface area contributed by atoms with E-state index in [1.165, 1.54) is 17.8 Å². The third kappa shape index (κ3) is 5.90. The fourth-order valence-corrected chi connectivity index (χ4v) is 4.55. The lowest BCUT2D eigenvalue weighted by atomic mass is 9.82. The molecule has 0 spiro atoms. The van der Waals surface area contributed by atoms with Gasteiger partial charge in [0.05, 0.1) is 33.9 Å². The molecule has 1 aliphatic rings. The normalized spacial score (nSPS) is 15.3. The van der Waals surface area contributed by atoms with E-state index in [1.54, 1.807) is 31.2 Å². The zero-order chi connectivity index (χ0) is 24.7. The van der Waals surface area contributed by atoms with Crippen LogP contribution in [0.2, 0.25) is 5.02 Å². The van der Waals surface area contributed by atoms with E-state index in [0.717, 1.165) is 16.8 Å². The lowest BCUT2D eigenvalue weighted by molar-refractivity contribution is -0.138. The minimum absolute atomic E-state index is 0.0508. The third-order valence-electron chi connectivity index (χ3n) is 5.17. The van der Waals surface area contributed by atoms with Crippen molar-refractivity contribution in [3.63, 3.8) is 0 Å². The Hall–Kier alpha value is -3.47. The molecule has 0 saturated heterocycles. The number of anilines is 1.